The minimum atomic E-state index is -0.247. The molecule has 0 fully saturated rings. The Hall–Kier alpha value is -1.06. The van der Waals surface area contributed by atoms with Crippen LogP contribution in [-0.2, 0) is 9.53 Å². The van der Waals surface area contributed by atoms with Crippen molar-refractivity contribution >= 4 is 11.7 Å². The first kappa shape index (κ1) is 8.04. The van der Waals surface area contributed by atoms with Gasteiger partial charge in [0.25, 0.3) is 0 Å². The van der Waals surface area contributed by atoms with Gasteiger partial charge < -0.3 is 4.74 Å². The SMILES string of the molecule is COC(=O)[C@@H]1CCC(C)=NN1. The molecule has 4 heteroatoms. The molecule has 4 nitrogen and oxygen atoms in total. The van der Waals surface area contributed by atoms with Crippen molar-refractivity contribution in [3.05, 3.63) is 0 Å². The largest absolute Gasteiger partial charge is 0.467 e. The van der Waals surface area contributed by atoms with Crippen molar-refractivity contribution in [3.63, 3.8) is 0 Å². The van der Waals surface area contributed by atoms with Gasteiger partial charge >= 0.3 is 5.97 Å². The van der Waals surface area contributed by atoms with Gasteiger partial charge in [-0.05, 0) is 19.8 Å². The zero-order chi connectivity index (χ0) is 8.27. The van der Waals surface area contributed by atoms with E-state index in [1.807, 2.05) is 6.92 Å². The van der Waals surface area contributed by atoms with Crippen LogP contribution in [0.2, 0.25) is 0 Å². The highest BCUT2D eigenvalue weighted by molar-refractivity contribution is 5.84. The van der Waals surface area contributed by atoms with Crippen molar-refractivity contribution in [2.45, 2.75) is 25.8 Å². The maximum absolute atomic E-state index is 10.9. The van der Waals surface area contributed by atoms with Crippen molar-refractivity contribution in [1.82, 2.24) is 5.43 Å². The minimum Gasteiger partial charge on any atom is -0.467 e. The summed E-state index contributed by atoms with van der Waals surface area (Å²) in [5.74, 6) is -0.235. The number of methoxy groups -OCH3 is 1. The number of nitrogens with one attached hydrogen (secondary N) is 1. The van der Waals surface area contributed by atoms with E-state index in [1.165, 1.54) is 7.11 Å². The lowest BCUT2D eigenvalue weighted by Gasteiger charge is -2.18. The van der Waals surface area contributed by atoms with Crippen LogP contribution in [0.15, 0.2) is 5.10 Å². The van der Waals surface area contributed by atoms with Gasteiger partial charge in [-0.25, -0.2) is 4.79 Å². The summed E-state index contributed by atoms with van der Waals surface area (Å²) in [5.41, 5.74) is 3.77. The van der Waals surface area contributed by atoms with E-state index in [1.54, 1.807) is 0 Å². The van der Waals surface area contributed by atoms with Crippen LogP contribution in [0.5, 0.6) is 0 Å². The number of carbonyl (C=O) groups excluding carboxylic acids is 1. The number of esters is 1. The molecule has 0 spiro atoms. The number of nitrogens with zero attached hydrogens (tertiary/aromatic N) is 1. The third-order valence-electron chi connectivity index (χ3n) is 1.69. The van der Waals surface area contributed by atoms with E-state index in [4.69, 9.17) is 0 Å². The molecule has 62 valence electrons. The Kier molecular flexibility index (Phi) is 2.46. The van der Waals surface area contributed by atoms with E-state index in [2.05, 4.69) is 15.3 Å². The Labute approximate surface area is 65.6 Å². The summed E-state index contributed by atoms with van der Waals surface area (Å²) in [6.45, 7) is 1.93. The van der Waals surface area contributed by atoms with Crippen LogP contribution in [-0.4, -0.2) is 24.8 Å². The predicted molar refractivity (Wildman–Crippen MR) is 41.3 cm³/mol. The molecule has 0 aliphatic carbocycles. The van der Waals surface area contributed by atoms with Crippen molar-refractivity contribution < 1.29 is 9.53 Å². The molecule has 0 amide bonds. The molecule has 0 aromatic carbocycles. The molecule has 1 heterocycles. The Morgan fingerprint density at radius 3 is 3.00 bits per heavy atom. The van der Waals surface area contributed by atoms with Gasteiger partial charge in [0, 0.05) is 5.71 Å². The van der Waals surface area contributed by atoms with Gasteiger partial charge in [0.1, 0.15) is 6.04 Å². The average molecular weight is 156 g/mol. The molecule has 1 aliphatic heterocycles. The third kappa shape index (κ3) is 1.93. The number of carbonyl (C=O) groups is 1. The maximum Gasteiger partial charge on any atom is 0.329 e. The van der Waals surface area contributed by atoms with Gasteiger partial charge in [0.05, 0.1) is 7.11 Å². The highest BCUT2D eigenvalue weighted by Crippen LogP contribution is 2.05. The Morgan fingerprint density at radius 1 is 1.82 bits per heavy atom. The third-order valence-corrected chi connectivity index (χ3v) is 1.69. The fourth-order valence-electron chi connectivity index (χ4n) is 0.975. The zero-order valence-corrected chi connectivity index (χ0v) is 6.76. The molecule has 0 aromatic rings. The van der Waals surface area contributed by atoms with Gasteiger partial charge in [-0.2, -0.15) is 5.10 Å². The van der Waals surface area contributed by atoms with Gasteiger partial charge in [-0.15, -0.1) is 0 Å². The van der Waals surface area contributed by atoms with Gasteiger partial charge in [0.15, 0.2) is 0 Å². The summed E-state index contributed by atoms with van der Waals surface area (Å²) in [5, 5.41) is 3.95. The van der Waals surface area contributed by atoms with E-state index in [9.17, 15) is 4.79 Å². The molecule has 1 atom stereocenters. The smallest absolute Gasteiger partial charge is 0.329 e. The molecular formula is C7H12N2O2. The second-order valence-corrected chi connectivity index (χ2v) is 2.59. The molecule has 1 aliphatic rings. The molecule has 1 rings (SSSR count). The van der Waals surface area contributed by atoms with Gasteiger partial charge in [-0.3, -0.25) is 5.43 Å². The first-order valence-electron chi connectivity index (χ1n) is 3.60. The fourth-order valence-corrected chi connectivity index (χ4v) is 0.975. The van der Waals surface area contributed by atoms with Crippen molar-refractivity contribution in [2.24, 2.45) is 5.10 Å². The van der Waals surface area contributed by atoms with E-state index in [0.29, 0.717) is 0 Å². The topological polar surface area (TPSA) is 50.7 Å². The molecule has 0 saturated carbocycles. The van der Waals surface area contributed by atoms with Crippen LogP contribution in [0.4, 0.5) is 0 Å². The first-order chi connectivity index (χ1) is 5.24. The lowest BCUT2D eigenvalue weighted by molar-refractivity contribution is -0.143. The highest BCUT2D eigenvalue weighted by Gasteiger charge is 2.20. The first-order valence-corrected chi connectivity index (χ1v) is 3.60. The van der Waals surface area contributed by atoms with Crippen LogP contribution >= 0.6 is 0 Å². The quantitative estimate of drug-likeness (QED) is 0.555. The second kappa shape index (κ2) is 3.37. The molecule has 0 radical (unpaired) electrons. The molecule has 11 heavy (non-hydrogen) atoms. The molecular weight excluding hydrogens is 144 g/mol. The molecule has 0 bridgehead atoms. The molecule has 1 N–H and O–H groups in total. The molecule has 0 unspecified atom stereocenters. The number of rotatable bonds is 1. The summed E-state index contributed by atoms with van der Waals surface area (Å²) < 4.78 is 4.55. The van der Waals surface area contributed by atoms with Crippen molar-refractivity contribution in [1.29, 1.82) is 0 Å². The Bertz CT molecular complexity index is 189. The highest BCUT2D eigenvalue weighted by atomic mass is 16.5. The van der Waals surface area contributed by atoms with E-state index < -0.39 is 0 Å². The van der Waals surface area contributed by atoms with Crippen LogP contribution in [0, 0.1) is 0 Å². The van der Waals surface area contributed by atoms with Gasteiger partial charge in [0.2, 0.25) is 0 Å². The average Bonchev–Trinajstić information content (AvgIpc) is 2.05. The number of hydrogen-bond donors (Lipinski definition) is 1. The monoisotopic (exact) mass is 156 g/mol. The number of ether oxygens (including phenoxy) is 1. The van der Waals surface area contributed by atoms with Crippen molar-refractivity contribution in [2.75, 3.05) is 7.11 Å². The second-order valence-electron chi connectivity index (χ2n) is 2.59. The normalized spacial score (nSPS) is 23.5. The summed E-state index contributed by atoms with van der Waals surface area (Å²) >= 11 is 0. The number of hydrogen-bond acceptors (Lipinski definition) is 4. The van der Waals surface area contributed by atoms with Crippen LogP contribution in [0.25, 0.3) is 0 Å². The molecule has 0 saturated heterocycles. The van der Waals surface area contributed by atoms with E-state index in [0.717, 1.165) is 18.6 Å². The lowest BCUT2D eigenvalue weighted by Crippen LogP contribution is -2.38. The molecule has 0 aromatic heterocycles. The summed E-state index contributed by atoms with van der Waals surface area (Å²) in [4.78, 5) is 10.9. The van der Waals surface area contributed by atoms with Crippen LogP contribution in [0.1, 0.15) is 19.8 Å². The summed E-state index contributed by atoms with van der Waals surface area (Å²) in [6.07, 6.45) is 1.65. The standard InChI is InChI=1S/C7H12N2O2/c1-5-3-4-6(9-8-5)7(10)11-2/h6,9H,3-4H2,1-2H3/t6-/m0/s1. The van der Waals surface area contributed by atoms with Crippen molar-refractivity contribution in [3.8, 4) is 0 Å². The Balaban J connectivity index is 2.47. The Morgan fingerprint density at radius 2 is 2.55 bits per heavy atom. The van der Waals surface area contributed by atoms with Crippen LogP contribution in [0.3, 0.4) is 0 Å². The van der Waals surface area contributed by atoms with Gasteiger partial charge in [-0.1, -0.05) is 0 Å². The predicted octanol–water partition coefficient (Wildman–Crippen LogP) is 0.287. The maximum atomic E-state index is 10.9. The number of hydrazone groups is 1. The van der Waals surface area contributed by atoms with E-state index >= 15 is 0 Å². The fraction of sp³-hybridized carbons (Fsp3) is 0.714. The summed E-state index contributed by atoms with van der Waals surface area (Å²) in [6, 6.07) is -0.247. The van der Waals surface area contributed by atoms with Crippen LogP contribution < -0.4 is 5.43 Å². The zero-order valence-electron chi connectivity index (χ0n) is 6.76. The minimum absolute atomic E-state index is 0.235. The van der Waals surface area contributed by atoms with E-state index in [-0.39, 0.29) is 12.0 Å². The lowest BCUT2D eigenvalue weighted by atomic mass is 10.1. The summed E-state index contributed by atoms with van der Waals surface area (Å²) in [7, 11) is 1.38.